The molecule has 158 valence electrons. The SMILES string of the molecule is CCCCOC(=O)COc1cccc2c(Cc3ccccc3)c(C)n(CC(N)=O)c12. The number of hydrogen-bond acceptors (Lipinski definition) is 4. The minimum atomic E-state index is -0.435. The van der Waals surface area contributed by atoms with Crippen LogP contribution >= 0.6 is 0 Å². The molecule has 3 rings (SSSR count). The lowest BCUT2D eigenvalue weighted by Gasteiger charge is -2.11. The number of fused-ring (bicyclic) bond motifs is 1. The van der Waals surface area contributed by atoms with Crippen LogP contribution in [0.25, 0.3) is 10.9 Å². The lowest BCUT2D eigenvalue weighted by Crippen LogP contribution is -2.20. The third-order valence-electron chi connectivity index (χ3n) is 5.08. The normalized spacial score (nSPS) is 10.9. The van der Waals surface area contributed by atoms with E-state index in [1.807, 2.05) is 48.7 Å². The number of carbonyl (C=O) groups excluding carboxylic acids is 2. The van der Waals surface area contributed by atoms with Crippen molar-refractivity contribution >= 4 is 22.8 Å². The average Bonchev–Trinajstić information content (AvgIpc) is 2.99. The zero-order valence-corrected chi connectivity index (χ0v) is 17.5. The number of unbranched alkanes of at least 4 members (excludes halogenated alkanes) is 1. The van der Waals surface area contributed by atoms with Crippen LogP contribution in [0.3, 0.4) is 0 Å². The molecule has 0 aliphatic heterocycles. The van der Waals surface area contributed by atoms with Gasteiger partial charge in [-0.3, -0.25) is 4.79 Å². The average molecular weight is 408 g/mol. The number of nitrogens with two attached hydrogens (primary N) is 1. The van der Waals surface area contributed by atoms with Crippen molar-refractivity contribution in [2.24, 2.45) is 5.73 Å². The van der Waals surface area contributed by atoms with E-state index in [1.54, 1.807) is 6.07 Å². The molecule has 1 aromatic heterocycles. The number of para-hydroxylation sites is 1. The summed E-state index contributed by atoms with van der Waals surface area (Å²) in [4.78, 5) is 23.7. The second-order valence-electron chi connectivity index (χ2n) is 7.29. The second kappa shape index (κ2) is 9.96. The molecule has 0 spiro atoms. The van der Waals surface area contributed by atoms with Crippen molar-refractivity contribution in [2.75, 3.05) is 13.2 Å². The number of ether oxygens (including phenoxy) is 2. The molecule has 1 heterocycles. The first-order valence-corrected chi connectivity index (χ1v) is 10.2. The Kier molecular flexibility index (Phi) is 7.12. The minimum absolute atomic E-state index is 0.0401. The van der Waals surface area contributed by atoms with Gasteiger partial charge in [-0.1, -0.05) is 55.8 Å². The molecule has 0 radical (unpaired) electrons. The molecule has 0 aliphatic rings. The van der Waals surface area contributed by atoms with Gasteiger partial charge < -0.3 is 19.8 Å². The zero-order valence-electron chi connectivity index (χ0n) is 17.5. The number of benzene rings is 2. The van der Waals surface area contributed by atoms with Crippen LogP contribution in [0, 0.1) is 6.92 Å². The summed E-state index contributed by atoms with van der Waals surface area (Å²) in [6.45, 7) is 4.26. The number of hydrogen-bond donors (Lipinski definition) is 1. The summed E-state index contributed by atoms with van der Waals surface area (Å²) in [5.41, 5.74) is 9.51. The van der Waals surface area contributed by atoms with Crippen LogP contribution in [0.15, 0.2) is 48.5 Å². The Hall–Kier alpha value is -3.28. The van der Waals surface area contributed by atoms with Gasteiger partial charge in [0, 0.05) is 11.1 Å². The van der Waals surface area contributed by atoms with Crippen molar-refractivity contribution in [1.82, 2.24) is 4.57 Å². The largest absolute Gasteiger partial charge is 0.480 e. The molecule has 30 heavy (non-hydrogen) atoms. The predicted molar refractivity (Wildman–Crippen MR) is 116 cm³/mol. The van der Waals surface area contributed by atoms with Crippen LogP contribution in [-0.2, 0) is 27.3 Å². The van der Waals surface area contributed by atoms with Gasteiger partial charge in [0.15, 0.2) is 6.61 Å². The Morgan fingerprint density at radius 1 is 1.07 bits per heavy atom. The Balaban J connectivity index is 1.95. The number of primary amides is 1. The highest BCUT2D eigenvalue weighted by atomic mass is 16.6. The molecule has 0 aliphatic carbocycles. The van der Waals surface area contributed by atoms with E-state index >= 15 is 0 Å². The van der Waals surface area contributed by atoms with E-state index in [2.05, 4.69) is 12.1 Å². The quantitative estimate of drug-likeness (QED) is 0.409. The molecule has 0 bridgehead atoms. The summed E-state index contributed by atoms with van der Waals surface area (Å²) in [5.74, 6) is -0.312. The Bertz CT molecular complexity index is 1020. The first-order valence-electron chi connectivity index (χ1n) is 10.2. The number of rotatable bonds is 10. The van der Waals surface area contributed by atoms with Crippen LogP contribution in [0.5, 0.6) is 5.75 Å². The third-order valence-corrected chi connectivity index (χ3v) is 5.08. The van der Waals surface area contributed by atoms with Gasteiger partial charge >= 0.3 is 5.97 Å². The standard InChI is InChI=1S/C24H28N2O4/c1-3-4-13-29-23(28)16-30-21-12-8-11-19-20(14-18-9-6-5-7-10-18)17(2)26(24(19)21)15-22(25)27/h5-12H,3-4,13-16H2,1-2H3,(H2,25,27). The number of esters is 1. The molecule has 0 saturated heterocycles. The summed E-state index contributed by atoms with van der Waals surface area (Å²) in [7, 11) is 0. The fourth-order valence-electron chi connectivity index (χ4n) is 3.57. The summed E-state index contributed by atoms with van der Waals surface area (Å²) in [5, 5.41) is 0.981. The minimum Gasteiger partial charge on any atom is -0.480 e. The van der Waals surface area contributed by atoms with E-state index in [4.69, 9.17) is 15.2 Å². The first-order chi connectivity index (χ1) is 14.5. The lowest BCUT2D eigenvalue weighted by atomic mass is 10.0. The number of nitrogens with zero attached hydrogens (tertiary/aromatic N) is 1. The summed E-state index contributed by atoms with van der Waals surface area (Å²) in [6, 6.07) is 15.8. The highest BCUT2D eigenvalue weighted by molar-refractivity contribution is 5.92. The van der Waals surface area contributed by atoms with Crippen molar-refractivity contribution < 1.29 is 19.1 Å². The molecular formula is C24H28N2O4. The van der Waals surface area contributed by atoms with Crippen LogP contribution in [-0.4, -0.2) is 29.7 Å². The van der Waals surface area contributed by atoms with Crippen molar-refractivity contribution in [3.8, 4) is 5.75 Å². The summed E-state index contributed by atoms with van der Waals surface area (Å²) >= 11 is 0. The molecule has 0 saturated carbocycles. The number of aromatic nitrogens is 1. The zero-order chi connectivity index (χ0) is 21.5. The maximum Gasteiger partial charge on any atom is 0.344 e. The van der Waals surface area contributed by atoms with Gasteiger partial charge in [0.05, 0.1) is 12.1 Å². The summed E-state index contributed by atoms with van der Waals surface area (Å²) < 4.78 is 12.8. The van der Waals surface area contributed by atoms with Crippen molar-refractivity contribution in [1.29, 1.82) is 0 Å². The van der Waals surface area contributed by atoms with E-state index in [0.717, 1.165) is 41.4 Å². The summed E-state index contributed by atoms with van der Waals surface area (Å²) in [6.07, 6.45) is 2.50. The van der Waals surface area contributed by atoms with Gasteiger partial charge in [0.1, 0.15) is 12.3 Å². The van der Waals surface area contributed by atoms with E-state index < -0.39 is 11.9 Å². The third kappa shape index (κ3) is 5.00. The maximum atomic E-state index is 12.0. The van der Waals surface area contributed by atoms with Crippen molar-refractivity contribution in [2.45, 2.75) is 39.7 Å². The van der Waals surface area contributed by atoms with Crippen LogP contribution in [0.2, 0.25) is 0 Å². The first kappa shape index (κ1) is 21.4. The monoisotopic (exact) mass is 408 g/mol. The van der Waals surface area contributed by atoms with E-state index in [9.17, 15) is 9.59 Å². The van der Waals surface area contributed by atoms with Crippen LogP contribution < -0.4 is 10.5 Å². The molecule has 0 unspecified atom stereocenters. The number of carbonyl (C=O) groups is 2. The Labute approximate surface area is 176 Å². The molecule has 0 atom stereocenters. The van der Waals surface area contributed by atoms with Gasteiger partial charge in [0.2, 0.25) is 5.91 Å². The molecule has 3 aromatic rings. The molecule has 6 nitrogen and oxygen atoms in total. The van der Waals surface area contributed by atoms with Crippen molar-refractivity contribution in [3.05, 3.63) is 65.4 Å². The lowest BCUT2D eigenvalue weighted by molar-refractivity contribution is -0.146. The van der Waals surface area contributed by atoms with E-state index in [-0.39, 0.29) is 13.2 Å². The molecule has 6 heteroatoms. The Morgan fingerprint density at radius 2 is 1.83 bits per heavy atom. The van der Waals surface area contributed by atoms with Gasteiger partial charge in [-0.15, -0.1) is 0 Å². The predicted octanol–water partition coefficient (Wildman–Crippen LogP) is 3.75. The maximum absolute atomic E-state index is 12.0. The molecule has 1 amide bonds. The topological polar surface area (TPSA) is 83.6 Å². The second-order valence-corrected chi connectivity index (χ2v) is 7.29. The van der Waals surface area contributed by atoms with Gasteiger partial charge in [-0.25, -0.2) is 4.79 Å². The number of amides is 1. The fraction of sp³-hybridized carbons (Fsp3) is 0.333. The van der Waals surface area contributed by atoms with Gasteiger partial charge in [0.25, 0.3) is 0 Å². The van der Waals surface area contributed by atoms with Crippen LogP contribution in [0.1, 0.15) is 36.6 Å². The smallest absolute Gasteiger partial charge is 0.344 e. The van der Waals surface area contributed by atoms with Crippen LogP contribution in [0.4, 0.5) is 0 Å². The fourth-order valence-corrected chi connectivity index (χ4v) is 3.57. The molecular weight excluding hydrogens is 380 g/mol. The molecule has 2 N–H and O–H groups in total. The molecule has 2 aromatic carbocycles. The Morgan fingerprint density at radius 3 is 2.53 bits per heavy atom. The van der Waals surface area contributed by atoms with Gasteiger partial charge in [-0.05, 0) is 37.0 Å². The molecule has 0 fully saturated rings. The highest BCUT2D eigenvalue weighted by Crippen LogP contribution is 2.34. The van der Waals surface area contributed by atoms with E-state index in [0.29, 0.717) is 12.4 Å². The van der Waals surface area contributed by atoms with Crippen molar-refractivity contribution in [3.63, 3.8) is 0 Å². The van der Waals surface area contributed by atoms with Gasteiger partial charge in [-0.2, -0.15) is 0 Å². The van der Waals surface area contributed by atoms with E-state index in [1.165, 1.54) is 5.56 Å². The highest BCUT2D eigenvalue weighted by Gasteiger charge is 2.19.